The van der Waals surface area contributed by atoms with Gasteiger partial charge in [0.05, 0.1) is 12.1 Å². The number of nitrogens with zero attached hydrogens (tertiary/aromatic N) is 1. The van der Waals surface area contributed by atoms with E-state index in [1.807, 2.05) is 0 Å². The van der Waals surface area contributed by atoms with E-state index in [2.05, 4.69) is 27.8 Å². The Balaban J connectivity index is 1.14. The molecule has 2 heterocycles. The Kier molecular flexibility index (Phi) is 9.03. The molecule has 5 rings (SSSR count). The maximum atomic E-state index is 13.5. The van der Waals surface area contributed by atoms with Crippen molar-refractivity contribution in [2.24, 2.45) is 5.92 Å². The van der Waals surface area contributed by atoms with Crippen molar-refractivity contribution in [1.82, 2.24) is 20.9 Å². The third-order valence-electron chi connectivity index (χ3n) is 7.58. The molecule has 42 heavy (non-hydrogen) atoms. The summed E-state index contributed by atoms with van der Waals surface area (Å²) in [6, 6.07) is 12.5. The van der Waals surface area contributed by atoms with Crippen LogP contribution in [0.2, 0.25) is 0 Å². The van der Waals surface area contributed by atoms with Gasteiger partial charge in [-0.3, -0.25) is 14.4 Å². The molecular weight excluding hydrogens is 543 g/mol. The van der Waals surface area contributed by atoms with Gasteiger partial charge in [0, 0.05) is 54.7 Å². The van der Waals surface area contributed by atoms with Gasteiger partial charge in [-0.1, -0.05) is 11.8 Å². The molecule has 0 unspecified atom stereocenters. The van der Waals surface area contributed by atoms with Gasteiger partial charge in [-0.2, -0.15) is 0 Å². The molecule has 1 saturated carbocycles. The molecule has 0 radical (unpaired) electrons. The first-order chi connectivity index (χ1) is 20.2. The number of alkyl halides is 1. The number of likely N-dealkylation sites (tertiary alicyclic amines) is 1. The molecule has 0 bridgehead atoms. The van der Waals surface area contributed by atoms with Crippen molar-refractivity contribution >= 4 is 23.7 Å². The normalized spacial score (nSPS) is 23.0. The van der Waals surface area contributed by atoms with Crippen molar-refractivity contribution in [1.29, 1.82) is 0 Å². The molecule has 4 atom stereocenters. The SMILES string of the molecule is O=C(O)COc1ccc(C#Cc2ccc(C(=O)NC[C@H]3C[C@@H](NC(=O)[C@@H]4C[C@H](F)CN4)CN3C(=O)C3CC3)cc2)cc1. The van der Waals surface area contributed by atoms with E-state index in [0.29, 0.717) is 29.8 Å². The number of hydrogen-bond donors (Lipinski definition) is 4. The number of benzene rings is 2. The number of carbonyl (C=O) groups is 4. The van der Waals surface area contributed by atoms with Crippen LogP contribution in [-0.2, 0) is 14.4 Å². The first-order valence-corrected chi connectivity index (χ1v) is 14.1. The summed E-state index contributed by atoms with van der Waals surface area (Å²) in [7, 11) is 0. The number of carboxylic acids is 1. The third-order valence-corrected chi connectivity index (χ3v) is 7.58. The second-order valence-electron chi connectivity index (χ2n) is 10.9. The zero-order valence-electron chi connectivity index (χ0n) is 23.0. The van der Waals surface area contributed by atoms with E-state index in [1.165, 1.54) is 0 Å². The molecule has 2 aromatic rings. The molecule has 0 aromatic heterocycles. The number of carbonyl (C=O) groups excluding carboxylic acids is 3. The summed E-state index contributed by atoms with van der Waals surface area (Å²) in [5.41, 5.74) is 1.89. The zero-order valence-corrected chi connectivity index (χ0v) is 23.0. The fourth-order valence-corrected chi connectivity index (χ4v) is 5.18. The van der Waals surface area contributed by atoms with E-state index in [9.17, 15) is 23.6 Å². The Morgan fingerprint density at radius 1 is 1.00 bits per heavy atom. The molecule has 3 aliphatic rings. The van der Waals surface area contributed by atoms with Crippen molar-refractivity contribution in [2.45, 2.75) is 50.0 Å². The highest BCUT2D eigenvalue weighted by Gasteiger charge is 2.42. The zero-order chi connectivity index (χ0) is 29.6. The standard InChI is InChI=1S/C31H33FN4O6/c32-23-13-27(33-15-23)30(40)35-24-14-25(36(17-24)31(41)22-9-10-22)16-34-29(39)21-7-3-19(4-8-21)1-2-20-5-11-26(12-6-20)42-18-28(37)38/h3-8,11-12,22-25,27,33H,9-10,13-18H2,(H,34,39)(H,35,40)(H,37,38)/t23-,24+,25+,27-/m0/s1. The Hall–Kier alpha value is -4.43. The van der Waals surface area contributed by atoms with E-state index in [1.54, 1.807) is 53.4 Å². The number of ether oxygens (including phenoxy) is 1. The van der Waals surface area contributed by atoms with Gasteiger partial charge in [0.2, 0.25) is 11.8 Å². The predicted molar refractivity (Wildman–Crippen MR) is 150 cm³/mol. The average molecular weight is 577 g/mol. The molecule has 1 aliphatic carbocycles. The largest absolute Gasteiger partial charge is 0.482 e. The fourth-order valence-electron chi connectivity index (χ4n) is 5.18. The minimum atomic E-state index is -1.05. The van der Waals surface area contributed by atoms with Gasteiger partial charge in [0.1, 0.15) is 11.9 Å². The van der Waals surface area contributed by atoms with Crippen molar-refractivity contribution in [3.8, 4) is 17.6 Å². The second kappa shape index (κ2) is 13.0. The van der Waals surface area contributed by atoms with Crippen LogP contribution in [0.4, 0.5) is 4.39 Å². The molecule has 0 spiro atoms. The lowest BCUT2D eigenvalue weighted by molar-refractivity contribution is -0.139. The van der Waals surface area contributed by atoms with Crippen LogP contribution in [-0.4, -0.2) is 84.2 Å². The monoisotopic (exact) mass is 576 g/mol. The van der Waals surface area contributed by atoms with Crippen LogP contribution in [0.3, 0.4) is 0 Å². The first-order valence-electron chi connectivity index (χ1n) is 14.1. The number of carboxylic acid groups (broad SMARTS) is 1. The summed E-state index contributed by atoms with van der Waals surface area (Å²) in [6.07, 6.45) is 1.34. The van der Waals surface area contributed by atoms with Crippen LogP contribution in [0, 0.1) is 17.8 Å². The van der Waals surface area contributed by atoms with E-state index in [-0.39, 0.29) is 55.2 Å². The van der Waals surface area contributed by atoms with Gasteiger partial charge in [0.15, 0.2) is 6.61 Å². The van der Waals surface area contributed by atoms with Gasteiger partial charge in [-0.25, -0.2) is 9.18 Å². The lowest BCUT2D eigenvalue weighted by Crippen LogP contribution is -2.46. The lowest BCUT2D eigenvalue weighted by Gasteiger charge is -2.25. The molecule has 220 valence electrons. The van der Waals surface area contributed by atoms with Crippen molar-refractivity contribution in [3.63, 3.8) is 0 Å². The molecule has 2 saturated heterocycles. The van der Waals surface area contributed by atoms with Crippen LogP contribution in [0.25, 0.3) is 0 Å². The number of nitrogens with one attached hydrogen (secondary N) is 3. The number of hydrogen-bond acceptors (Lipinski definition) is 6. The number of aliphatic carboxylic acids is 1. The molecular formula is C31H33FN4O6. The molecule has 3 fully saturated rings. The number of amides is 3. The van der Waals surface area contributed by atoms with E-state index >= 15 is 0 Å². The van der Waals surface area contributed by atoms with Crippen molar-refractivity contribution < 1.29 is 33.4 Å². The minimum Gasteiger partial charge on any atom is -0.482 e. The Bertz CT molecular complexity index is 1380. The number of rotatable bonds is 9. The fraction of sp³-hybridized carbons (Fsp3) is 0.419. The first kappa shape index (κ1) is 29.1. The summed E-state index contributed by atoms with van der Waals surface area (Å²) in [5.74, 6) is 4.97. The van der Waals surface area contributed by atoms with Crippen LogP contribution >= 0.6 is 0 Å². The summed E-state index contributed by atoms with van der Waals surface area (Å²) < 4.78 is 18.6. The lowest BCUT2D eigenvalue weighted by atomic mass is 10.1. The molecule has 2 aliphatic heterocycles. The van der Waals surface area contributed by atoms with Crippen LogP contribution in [0.1, 0.15) is 47.2 Å². The van der Waals surface area contributed by atoms with Crippen LogP contribution in [0.5, 0.6) is 5.75 Å². The predicted octanol–water partition coefficient (Wildman–Crippen LogP) is 1.48. The van der Waals surface area contributed by atoms with Gasteiger partial charge in [-0.15, -0.1) is 0 Å². The summed E-state index contributed by atoms with van der Waals surface area (Å²) in [4.78, 5) is 50.8. The Labute approximate surface area is 243 Å². The Morgan fingerprint density at radius 2 is 1.67 bits per heavy atom. The smallest absolute Gasteiger partial charge is 0.341 e. The van der Waals surface area contributed by atoms with E-state index in [0.717, 1.165) is 18.4 Å². The van der Waals surface area contributed by atoms with Gasteiger partial charge >= 0.3 is 5.97 Å². The third kappa shape index (κ3) is 7.64. The molecule has 3 amide bonds. The molecule has 10 nitrogen and oxygen atoms in total. The second-order valence-corrected chi connectivity index (χ2v) is 10.9. The highest BCUT2D eigenvalue weighted by molar-refractivity contribution is 5.94. The molecule has 2 aromatic carbocycles. The van der Waals surface area contributed by atoms with Gasteiger partial charge in [-0.05, 0) is 67.8 Å². The van der Waals surface area contributed by atoms with E-state index in [4.69, 9.17) is 9.84 Å². The van der Waals surface area contributed by atoms with Crippen LogP contribution < -0.4 is 20.7 Å². The summed E-state index contributed by atoms with van der Waals surface area (Å²) >= 11 is 0. The average Bonchev–Trinajstić information content (AvgIpc) is 3.63. The summed E-state index contributed by atoms with van der Waals surface area (Å²) in [5, 5.41) is 17.5. The van der Waals surface area contributed by atoms with Gasteiger partial charge in [0.25, 0.3) is 5.91 Å². The van der Waals surface area contributed by atoms with E-state index < -0.39 is 24.8 Å². The highest BCUT2D eigenvalue weighted by atomic mass is 19.1. The Morgan fingerprint density at radius 3 is 2.26 bits per heavy atom. The van der Waals surface area contributed by atoms with Crippen molar-refractivity contribution in [2.75, 3.05) is 26.2 Å². The minimum absolute atomic E-state index is 0.0123. The topological polar surface area (TPSA) is 137 Å². The summed E-state index contributed by atoms with van der Waals surface area (Å²) in [6.45, 7) is 0.380. The highest BCUT2D eigenvalue weighted by Crippen LogP contribution is 2.33. The maximum absolute atomic E-state index is 13.5. The quantitative estimate of drug-likeness (QED) is 0.332. The van der Waals surface area contributed by atoms with Crippen molar-refractivity contribution in [3.05, 3.63) is 65.2 Å². The maximum Gasteiger partial charge on any atom is 0.341 e. The number of halogens is 1. The molecule has 4 N–H and O–H groups in total. The van der Waals surface area contributed by atoms with Crippen LogP contribution in [0.15, 0.2) is 48.5 Å². The van der Waals surface area contributed by atoms with Gasteiger partial charge < -0.3 is 30.7 Å². The molecule has 11 heteroatoms.